The largest absolute Gasteiger partial charge is 0.394 e. The predicted molar refractivity (Wildman–Crippen MR) is 96.0 cm³/mol. The van der Waals surface area contributed by atoms with Crippen LogP contribution in [-0.2, 0) is 0 Å². The Morgan fingerprint density at radius 1 is 1.25 bits per heavy atom. The van der Waals surface area contributed by atoms with Gasteiger partial charge in [0.2, 0.25) is 0 Å². The van der Waals surface area contributed by atoms with Crippen LogP contribution in [0.4, 0.5) is 5.82 Å². The summed E-state index contributed by atoms with van der Waals surface area (Å²) in [7, 11) is 0. The summed E-state index contributed by atoms with van der Waals surface area (Å²) < 4.78 is 1.60. The van der Waals surface area contributed by atoms with Crippen LogP contribution in [0.3, 0.4) is 0 Å². The van der Waals surface area contributed by atoms with E-state index in [0.717, 1.165) is 14.6 Å². The third-order valence-electron chi connectivity index (χ3n) is 3.24. The van der Waals surface area contributed by atoms with Crippen molar-refractivity contribution in [3.63, 3.8) is 0 Å². The number of anilines is 1. The summed E-state index contributed by atoms with van der Waals surface area (Å²) in [6, 6.07) is 9.82. The van der Waals surface area contributed by atoms with E-state index < -0.39 is 6.10 Å². The maximum atomic E-state index is 9.45. The van der Waals surface area contributed by atoms with Crippen LogP contribution >= 0.6 is 23.1 Å². The number of aliphatic hydroxyl groups excluding tert-OH is 2. The van der Waals surface area contributed by atoms with Crippen molar-refractivity contribution in [2.45, 2.75) is 15.8 Å². The van der Waals surface area contributed by atoms with Gasteiger partial charge in [0.15, 0.2) is 9.99 Å². The molecule has 0 fully saturated rings. The van der Waals surface area contributed by atoms with Gasteiger partial charge in [0.1, 0.15) is 16.8 Å². The van der Waals surface area contributed by atoms with Crippen molar-refractivity contribution < 1.29 is 10.2 Å². The van der Waals surface area contributed by atoms with Gasteiger partial charge in [-0.1, -0.05) is 42.1 Å². The molecule has 0 spiro atoms. The Hall–Kier alpha value is -1.78. The van der Waals surface area contributed by atoms with Crippen LogP contribution in [0.15, 0.2) is 41.0 Å². The lowest BCUT2D eigenvalue weighted by atomic mass is 10.2. The second-order valence-corrected chi connectivity index (χ2v) is 7.41. The van der Waals surface area contributed by atoms with Crippen LogP contribution in [0.25, 0.3) is 10.3 Å². The molecule has 2 heterocycles. The van der Waals surface area contributed by atoms with E-state index in [1.807, 2.05) is 30.3 Å². The van der Waals surface area contributed by atoms with Gasteiger partial charge < -0.3 is 21.3 Å². The van der Waals surface area contributed by atoms with Gasteiger partial charge in [-0.3, -0.25) is 0 Å². The number of aliphatic hydroxyl groups is 2. The van der Waals surface area contributed by atoms with E-state index >= 15 is 0 Å². The number of hydrogen-bond donors (Lipinski definition) is 4. The van der Waals surface area contributed by atoms with Crippen molar-refractivity contribution in [3.8, 4) is 0 Å². The molecule has 2 unspecified atom stereocenters. The molecule has 2 atom stereocenters. The number of nitrogens with zero attached hydrogens (tertiary/aromatic N) is 3. The van der Waals surface area contributed by atoms with Crippen LogP contribution in [0.2, 0.25) is 0 Å². The fourth-order valence-electron chi connectivity index (χ4n) is 2.01. The van der Waals surface area contributed by atoms with Crippen molar-refractivity contribution in [3.05, 3.63) is 42.2 Å². The smallest absolute Gasteiger partial charge is 0.176 e. The van der Waals surface area contributed by atoms with Gasteiger partial charge in [-0.2, -0.15) is 0 Å². The lowest BCUT2D eigenvalue weighted by Crippen LogP contribution is -2.23. The van der Waals surface area contributed by atoms with E-state index in [2.05, 4.69) is 20.3 Å². The van der Waals surface area contributed by atoms with Crippen molar-refractivity contribution in [1.29, 1.82) is 0 Å². The molecule has 24 heavy (non-hydrogen) atoms. The predicted octanol–water partition coefficient (Wildman–Crippen LogP) is 1.60. The van der Waals surface area contributed by atoms with Gasteiger partial charge in [0.05, 0.1) is 18.1 Å². The molecule has 0 saturated carbocycles. The molecule has 3 aromatic rings. The molecule has 0 aliphatic heterocycles. The molecule has 9 heteroatoms. The van der Waals surface area contributed by atoms with Gasteiger partial charge in [-0.15, -0.1) is 11.3 Å². The second kappa shape index (κ2) is 7.86. The molecule has 0 aliphatic carbocycles. The average molecular weight is 363 g/mol. The highest BCUT2D eigenvalue weighted by Gasteiger charge is 2.15. The van der Waals surface area contributed by atoms with Crippen LogP contribution in [0.5, 0.6) is 0 Å². The van der Waals surface area contributed by atoms with Crippen molar-refractivity contribution in [2.24, 2.45) is 5.73 Å². The Balaban J connectivity index is 1.78. The van der Waals surface area contributed by atoms with E-state index in [1.165, 1.54) is 29.4 Å². The van der Waals surface area contributed by atoms with E-state index in [-0.39, 0.29) is 18.5 Å². The molecule has 126 valence electrons. The molecule has 0 saturated heterocycles. The van der Waals surface area contributed by atoms with E-state index in [4.69, 9.17) is 10.8 Å². The molecule has 3 rings (SSSR count). The quantitative estimate of drug-likeness (QED) is 0.369. The molecule has 5 N–H and O–H groups in total. The summed E-state index contributed by atoms with van der Waals surface area (Å²) in [5, 5.41) is 21.1. The third-order valence-corrected chi connectivity index (χ3v) is 5.45. The molecule has 0 radical (unpaired) electrons. The number of aromatic nitrogens is 3. The molecule has 0 aliphatic rings. The molecule has 7 nitrogen and oxygen atoms in total. The average Bonchev–Trinajstić information content (AvgIpc) is 3.03. The van der Waals surface area contributed by atoms with Crippen molar-refractivity contribution in [1.82, 2.24) is 15.0 Å². The summed E-state index contributed by atoms with van der Waals surface area (Å²) in [5.41, 5.74) is 7.83. The fourth-order valence-corrected chi connectivity index (χ4v) is 4.13. The summed E-state index contributed by atoms with van der Waals surface area (Å²) in [5.74, 6) is 0.588. The number of rotatable bonds is 7. The molecule has 0 amide bonds. The minimum atomic E-state index is -0.844. The normalized spacial score (nSPS) is 13.8. The Morgan fingerprint density at radius 3 is 2.79 bits per heavy atom. The topological polar surface area (TPSA) is 117 Å². The molecule has 0 bridgehead atoms. The van der Waals surface area contributed by atoms with Crippen LogP contribution in [0.1, 0.15) is 10.9 Å². The third kappa shape index (κ3) is 4.00. The van der Waals surface area contributed by atoms with E-state index in [9.17, 15) is 5.11 Å². The first-order valence-corrected chi connectivity index (χ1v) is 8.98. The zero-order valence-electron chi connectivity index (χ0n) is 12.7. The number of fused-ring (bicyclic) bond motifs is 1. The van der Waals surface area contributed by atoms with Gasteiger partial charge >= 0.3 is 0 Å². The lowest BCUT2D eigenvalue weighted by Gasteiger charge is -2.09. The molecular weight excluding hydrogens is 346 g/mol. The Labute approximate surface area is 147 Å². The molecule has 2 aromatic heterocycles. The number of thioether (sulfide) groups is 1. The number of thiazole rings is 1. The maximum Gasteiger partial charge on any atom is 0.176 e. The Bertz CT molecular complexity index is 799. The number of hydrogen-bond acceptors (Lipinski definition) is 9. The van der Waals surface area contributed by atoms with Crippen LogP contribution in [0, 0.1) is 0 Å². The SMILES string of the molecule is NC(Sc1nc2ncnc(NCC(O)CO)c2s1)c1ccccc1. The van der Waals surface area contributed by atoms with Crippen molar-refractivity contribution >= 4 is 39.3 Å². The number of benzene rings is 1. The second-order valence-electron chi connectivity index (χ2n) is 5.02. The summed E-state index contributed by atoms with van der Waals surface area (Å²) in [4.78, 5) is 12.8. The first-order valence-electron chi connectivity index (χ1n) is 7.29. The standard InChI is InChI=1S/C15H17N5O2S2/c16-12(9-4-2-1-3-5-9)24-15-20-14-11(23-15)13(18-8-19-14)17-6-10(22)7-21/h1-5,8,10,12,21-22H,6-7,16H2,(H,17,18,19). The minimum Gasteiger partial charge on any atom is -0.394 e. The van der Waals surface area contributed by atoms with E-state index in [1.54, 1.807) is 0 Å². The highest BCUT2D eigenvalue weighted by molar-refractivity contribution is 8.01. The molecule has 1 aromatic carbocycles. The van der Waals surface area contributed by atoms with Crippen molar-refractivity contribution in [2.75, 3.05) is 18.5 Å². The van der Waals surface area contributed by atoms with Gasteiger partial charge in [-0.25, -0.2) is 15.0 Å². The number of nitrogens with one attached hydrogen (secondary N) is 1. The monoisotopic (exact) mass is 363 g/mol. The number of nitrogens with two attached hydrogens (primary N) is 1. The lowest BCUT2D eigenvalue weighted by molar-refractivity contribution is 0.105. The first kappa shape index (κ1) is 17.1. The summed E-state index contributed by atoms with van der Waals surface area (Å²) >= 11 is 2.91. The minimum absolute atomic E-state index is 0.201. The zero-order valence-corrected chi connectivity index (χ0v) is 14.3. The highest BCUT2D eigenvalue weighted by atomic mass is 32.2. The summed E-state index contributed by atoms with van der Waals surface area (Å²) in [6.07, 6.45) is 0.574. The Morgan fingerprint density at radius 2 is 2.04 bits per heavy atom. The zero-order chi connectivity index (χ0) is 16.9. The fraction of sp³-hybridized carbons (Fsp3) is 0.267. The van der Waals surface area contributed by atoms with Gasteiger partial charge in [0.25, 0.3) is 0 Å². The van der Waals surface area contributed by atoms with E-state index in [0.29, 0.717) is 11.5 Å². The Kier molecular flexibility index (Phi) is 5.59. The van der Waals surface area contributed by atoms with Crippen LogP contribution < -0.4 is 11.1 Å². The van der Waals surface area contributed by atoms with Crippen LogP contribution in [-0.4, -0.2) is 44.4 Å². The summed E-state index contributed by atoms with van der Waals surface area (Å²) in [6.45, 7) is -0.108. The van der Waals surface area contributed by atoms with Gasteiger partial charge in [0, 0.05) is 6.54 Å². The van der Waals surface area contributed by atoms with Gasteiger partial charge in [-0.05, 0) is 5.56 Å². The molecular formula is C15H17N5O2S2. The maximum absolute atomic E-state index is 9.45. The first-order chi connectivity index (χ1) is 11.7. The highest BCUT2D eigenvalue weighted by Crippen LogP contribution is 2.37.